The molecule has 0 atom stereocenters. The molecule has 0 bridgehead atoms. The van der Waals surface area contributed by atoms with Gasteiger partial charge in [0.1, 0.15) is 5.75 Å². The molecule has 19 heavy (non-hydrogen) atoms. The van der Waals surface area contributed by atoms with Gasteiger partial charge in [-0.15, -0.1) is 0 Å². The van der Waals surface area contributed by atoms with Gasteiger partial charge in [-0.05, 0) is 22.0 Å². The molecule has 2 nitrogen and oxygen atoms in total. The fourth-order valence-corrected chi connectivity index (χ4v) is 1.96. The number of ether oxygens (including phenoxy) is 1. The number of halogens is 4. The smallest absolute Gasteiger partial charge is 0.392 e. The molecule has 0 saturated heterocycles. The molecule has 0 aromatic heterocycles. The van der Waals surface area contributed by atoms with E-state index in [2.05, 4.69) is 21.2 Å². The molecule has 0 spiro atoms. The molecule has 0 saturated carbocycles. The van der Waals surface area contributed by atoms with Crippen LogP contribution in [0.25, 0.3) is 0 Å². The Labute approximate surface area is 119 Å². The van der Waals surface area contributed by atoms with Gasteiger partial charge in [-0.25, -0.2) is 0 Å². The Morgan fingerprint density at radius 2 is 2.00 bits per heavy atom. The first kappa shape index (κ1) is 16.3. The summed E-state index contributed by atoms with van der Waals surface area (Å²) in [6.45, 7) is 4.18. The van der Waals surface area contributed by atoms with Crippen molar-refractivity contribution in [2.75, 3.05) is 6.61 Å². The Balaban J connectivity index is 2.69. The van der Waals surface area contributed by atoms with Gasteiger partial charge in [-0.2, -0.15) is 13.2 Å². The van der Waals surface area contributed by atoms with Gasteiger partial charge in [0.2, 0.25) is 0 Å². The van der Waals surface area contributed by atoms with Crippen LogP contribution in [0.5, 0.6) is 5.75 Å². The summed E-state index contributed by atoms with van der Waals surface area (Å²) >= 11 is 3.30. The summed E-state index contributed by atoms with van der Waals surface area (Å²) < 4.78 is 42.3. The number of alkyl halides is 3. The van der Waals surface area contributed by atoms with E-state index >= 15 is 0 Å². The lowest BCUT2D eigenvalue weighted by molar-refractivity contribution is -0.139. The van der Waals surface area contributed by atoms with Crippen molar-refractivity contribution in [2.24, 2.45) is 0 Å². The quantitative estimate of drug-likeness (QED) is 0.835. The predicted molar refractivity (Wildman–Crippen MR) is 72.3 cm³/mol. The summed E-state index contributed by atoms with van der Waals surface area (Å²) in [4.78, 5) is 0. The average molecular weight is 340 g/mol. The molecule has 0 heterocycles. The van der Waals surface area contributed by atoms with Gasteiger partial charge in [0.05, 0.1) is 17.5 Å². The second-order valence-electron chi connectivity index (χ2n) is 4.48. The molecule has 0 fully saturated rings. The first-order chi connectivity index (χ1) is 8.79. The van der Waals surface area contributed by atoms with Crippen molar-refractivity contribution in [1.82, 2.24) is 5.32 Å². The van der Waals surface area contributed by atoms with Crippen LogP contribution in [0.3, 0.4) is 0 Å². The third-order valence-corrected chi connectivity index (χ3v) is 3.01. The molecule has 0 aliphatic carbocycles. The molecule has 0 radical (unpaired) electrons. The van der Waals surface area contributed by atoms with Crippen molar-refractivity contribution in [3.8, 4) is 5.75 Å². The third-order valence-electron chi connectivity index (χ3n) is 2.38. The minimum atomic E-state index is -4.20. The first-order valence-corrected chi connectivity index (χ1v) is 6.79. The summed E-state index contributed by atoms with van der Waals surface area (Å²) in [6, 6.07) is 5.71. The summed E-state index contributed by atoms with van der Waals surface area (Å²) in [5.41, 5.74) is 0.838. The van der Waals surface area contributed by atoms with E-state index in [4.69, 9.17) is 4.74 Å². The zero-order valence-electron chi connectivity index (χ0n) is 10.9. The molecule has 1 aromatic rings. The van der Waals surface area contributed by atoms with Gasteiger partial charge >= 0.3 is 6.18 Å². The van der Waals surface area contributed by atoms with Crippen molar-refractivity contribution in [3.63, 3.8) is 0 Å². The minimum Gasteiger partial charge on any atom is -0.492 e. The van der Waals surface area contributed by atoms with Crippen molar-refractivity contribution in [2.45, 2.75) is 39.0 Å². The van der Waals surface area contributed by atoms with E-state index in [0.29, 0.717) is 22.8 Å². The standard InChI is InChI=1S/C13H17BrF3NO/c1-9(2)18-8-10-4-3-5-11(14)12(10)19-7-6-13(15,16)17/h3-5,9,18H,6-8H2,1-2H3. The number of rotatable bonds is 6. The van der Waals surface area contributed by atoms with E-state index in [0.717, 1.165) is 5.56 Å². The highest BCUT2D eigenvalue weighted by Gasteiger charge is 2.27. The molecule has 1 N–H and O–H groups in total. The summed E-state index contributed by atoms with van der Waals surface area (Å²) in [5.74, 6) is 0.472. The molecule has 108 valence electrons. The van der Waals surface area contributed by atoms with Crippen LogP contribution in [0.15, 0.2) is 22.7 Å². The fourth-order valence-electron chi connectivity index (χ4n) is 1.44. The van der Waals surface area contributed by atoms with Crippen LogP contribution in [0.2, 0.25) is 0 Å². The lowest BCUT2D eigenvalue weighted by Gasteiger charge is -2.15. The van der Waals surface area contributed by atoms with Crippen molar-refractivity contribution >= 4 is 15.9 Å². The second kappa shape index (κ2) is 7.14. The van der Waals surface area contributed by atoms with Crippen LogP contribution in [0.4, 0.5) is 13.2 Å². The zero-order valence-corrected chi connectivity index (χ0v) is 12.4. The van der Waals surface area contributed by atoms with Crippen LogP contribution >= 0.6 is 15.9 Å². The van der Waals surface area contributed by atoms with Crippen LogP contribution in [-0.4, -0.2) is 18.8 Å². The van der Waals surface area contributed by atoms with Gasteiger partial charge in [0.25, 0.3) is 0 Å². The highest BCUT2D eigenvalue weighted by atomic mass is 79.9. The Morgan fingerprint density at radius 3 is 2.58 bits per heavy atom. The predicted octanol–water partition coefficient (Wildman–Crippen LogP) is 4.28. The maximum atomic E-state index is 12.1. The van der Waals surface area contributed by atoms with E-state index in [1.807, 2.05) is 26.0 Å². The summed E-state index contributed by atoms with van der Waals surface area (Å²) in [5, 5.41) is 3.21. The van der Waals surface area contributed by atoms with Crippen LogP contribution in [0.1, 0.15) is 25.8 Å². The number of benzene rings is 1. The summed E-state index contributed by atoms with van der Waals surface area (Å²) in [7, 11) is 0. The summed E-state index contributed by atoms with van der Waals surface area (Å²) in [6.07, 6.45) is -5.15. The largest absolute Gasteiger partial charge is 0.492 e. The highest BCUT2D eigenvalue weighted by Crippen LogP contribution is 2.30. The van der Waals surface area contributed by atoms with E-state index in [1.54, 1.807) is 6.07 Å². The molecule has 1 aromatic carbocycles. The Kier molecular flexibility index (Phi) is 6.13. The maximum absolute atomic E-state index is 12.1. The number of para-hydroxylation sites is 1. The van der Waals surface area contributed by atoms with Crippen LogP contribution in [0, 0.1) is 0 Å². The lowest BCUT2D eigenvalue weighted by Crippen LogP contribution is -2.22. The van der Waals surface area contributed by atoms with E-state index in [9.17, 15) is 13.2 Å². The van der Waals surface area contributed by atoms with E-state index in [1.165, 1.54) is 0 Å². The minimum absolute atomic E-state index is 0.294. The molecule has 0 aliphatic heterocycles. The third kappa shape index (κ3) is 6.29. The average Bonchev–Trinajstić information content (AvgIpc) is 2.27. The number of hydrogen-bond acceptors (Lipinski definition) is 2. The molecule has 0 aliphatic rings. The van der Waals surface area contributed by atoms with Gasteiger partial charge in [0.15, 0.2) is 0 Å². The second-order valence-corrected chi connectivity index (χ2v) is 5.33. The van der Waals surface area contributed by atoms with Crippen molar-refractivity contribution in [3.05, 3.63) is 28.2 Å². The van der Waals surface area contributed by atoms with Gasteiger partial charge < -0.3 is 10.1 Å². The zero-order chi connectivity index (χ0) is 14.5. The van der Waals surface area contributed by atoms with Gasteiger partial charge in [-0.1, -0.05) is 26.0 Å². The molecule has 0 unspecified atom stereocenters. The highest BCUT2D eigenvalue weighted by molar-refractivity contribution is 9.10. The number of nitrogens with one attached hydrogen (secondary N) is 1. The van der Waals surface area contributed by atoms with Gasteiger partial charge in [-0.3, -0.25) is 0 Å². The van der Waals surface area contributed by atoms with E-state index < -0.39 is 12.6 Å². The normalized spacial score (nSPS) is 11.9. The molecular formula is C13H17BrF3NO. The maximum Gasteiger partial charge on any atom is 0.392 e. The molecule has 6 heteroatoms. The van der Waals surface area contributed by atoms with E-state index in [-0.39, 0.29) is 6.61 Å². The Hall–Kier alpha value is -0.750. The SMILES string of the molecule is CC(C)NCc1cccc(Br)c1OCCC(F)(F)F. The monoisotopic (exact) mass is 339 g/mol. The Morgan fingerprint density at radius 1 is 1.32 bits per heavy atom. The number of hydrogen-bond donors (Lipinski definition) is 1. The lowest BCUT2D eigenvalue weighted by atomic mass is 10.2. The molecule has 1 rings (SSSR count). The Bertz CT molecular complexity index is 407. The molecule has 0 amide bonds. The van der Waals surface area contributed by atoms with Crippen LogP contribution in [-0.2, 0) is 6.54 Å². The first-order valence-electron chi connectivity index (χ1n) is 6.00. The van der Waals surface area contributed by atoms with Crippen molar-refractivity contribution < 1.29 is 17.9 Å². The fraction of sp³-hybridized carbons (Fsp3) is 0.538. The van der Waals surface area contributed by atoms with Gasteiger partial charge in [0, 0.05) is 18.2 Å². The topological polar surface area (TPSA) is 21.3 Å². The van der Waals surface area contributed by atoms with Crippen molar-refractivity contribution in [1.29, 1.82) is 0 Å². The van der Waals surface area contributed by atoms with Crippen LogP contribution < -0.4 is 10.1 Å². The molecular weight excluding hydrogens is 323 g/mol.